The number of nitrogens with one attached hydrogen (secondary N) is 2. The van der Waals surface area contributed by atoms with Crippen molar-refractivity contribution in [3.63, 3.8) is 0 Å². The highest BCUT2D eigenvalue weighted by Gasteiger charge is 2.40. The topological polar surface area (TPSA) is 163 Å². The van der Waals surface area contributed by atoms with Crippen LogP contribution in [0.4, 0.5) is 49.1 Å². The number of imidazole rings is 2. The number of carbonyl (C=O) groups is 2. The summed E-state index contributed by atoms with van der Waals surface area (Å²) in [6.07, 6.45) is -7.35. The average molecular weight is 697 g/mol. The summed E-state index contributed by atoms with van der Waals surface area (Å²) in [6, 6.07) is 12.1. The number of hydrogen-bond donors (Lipinski definition) is 3. The summed E-state index contributed by atoms with van der Waals surface area (Å²) in [7, 11) is 0. The van der Waals surface area contributed by atoms with Crippen molar-refractivity contribution in [2.24, 2.45) is 0 Å². The molecule has 50 heavy (non-hydrogen) atoms. The van der Waals surface area contributed by atoms with Crippen LogP contribution in [0.2, 0.25) is 0 Å². The molecule has 0 aliphatic rings. The molecule has 12 nitrogen and oxygen atoms in total. The smallest absolute Gasteiger partial charge is 0.397 e. The first-order valence-electron chi connectivity index (χ1n) is 14.4. The molecule has 4 N–H and O–H groups in total. The van der Waals surface area contributed by atoms with Crippen LogP contribution >= 0.6 is 0 Å². The Bertz CT molecular complexity index is 2280. The Morgan fingerprint density at radius 2 is 1.14 bits per heavy atom. The number of rotatable bonds is 8. The lowest BCUT2D eigenvalue weighted by Crippen LogP contribution is -2.39. The van der Waals surface area contributed by atoms with Gasteiger partial charge in [0.15, 0.2) is 5.52 Å². The van der Waals surface area contributed by atoms with Gasteiger partial charge in [0.2, 0.25) is 11.8 Å². The Kier molecular flexibility index (Phi) is 8.38. The maximum absolute atomic E-state index is 14.4. The molecule has 0 saturated carbocycles. The molecule has 0 fully saturated rings. The van der Waals surface area contributed by atoms with Gasteiger partial charge < -0.3 is 25.5 Å². The first kappa shape index (κ1) is 33.4. The molecule has 0 aliphatic carbocycles. The molecule has 6 rings (SSSR count). The Morgan fingerprint density at radius 1 is 0.700 bits per heavy atom. The molecule has 0 aliphatic heterocycles. The molecular weight excluding hydrogens is 674 g/mol. The van der Waals surface area contributed by atoms with E-state index in [0.29, 0.717) is 12.1 Å². The van der Waals surface area contributed by atoms with E-state index in [-0.39, 0.29) is 39.1 Å². The maximum atomic E-state index is 14.4. The van der Waals surface area contributed by atoms with Gasteiger partial charge in [-0.1, -0.05) is 24.3 Å². The first-order valence-corrected chi connectivity index (χ1v) is 14.4. The number of benzene rings is 4. The number of nitrogens with zero attached hydrogens (tertiary/aromatic N) is 5. The fraction of sp³-hybridized carbons (Fsp3) is 0.125. The van der Waals surface area contributed by atoms with Crippen molar-refractivity contribution in [3.8, 4) is 0 Å². The van der Waals surface area contributed by atoms with Crippen LogP contribution in [0.15, 0.2) is 97.6 Å². The van der Waals surface area contributed by atoms with Crippen LogP contribution < -0.4 is 16.4 Å². The monoisotopic (exact) mass is 696 g/mol. The van der Waals surface area contributed by atoms with Gasteiger partial charge in [-0.05, 0) is 54.6 Å². The number of anilines is 3. The average Bonchev–Trinajstić information content (AvgIpc) is 3.68. The number of alkyl halides is 6. The molecule has 256 valence electrons. The van der Waals surface area contributed by atoms with Crippen molar-refractivity contribution in [2.45, 2.75) is 24.4 Å². The summed E-state index contributed by atoms with van der Waals surface area (Å²) in [5, 5.41) is 16.6. The van der Waals surface area contributed by atoms with E-state index in [1.54, 1.807) is 0 Å². The molecule has 6 aromatic rings. The molecule has 0 saturated heterocycles. The van der Waals surface area contributed by atoms with E-state index in [9.17, 15) is 46.0 Å². The summed E-state index contributed by atoms with van der Waals surface area (Å²) in [4.78, 5) is 48.2. The molecule has 0 radical (unpaired) electrons. The van der Waals surface area contributed by atoms with Crippen LogP contribution in [-0.2, 0) is 21.9 Å². The first-order chi connectivity index (χ1) is 23.6. The standard InChI is InChI=1S/C32H22F6N8O4/c33-31(34,35)17-5-1-7-19(13-17)42-29(47)27(44-15-40-25-21(39)9-3-10-22(25)44)28(30(48)43-20-8-2-6-18(14-20)32(36,37)38)45-16-41-26-23(45)11-4-12-24(26)46(49)50/h1-16,27-28H,39H2,(H,42,47)(H,43,48). The van der Waals surface area contributed by atoms with Gasteiger partial charge in [0.05, 0.1) is 45.4 Å². The van der Waals surface area contributed by atoms with E-state index >= 15 is 0 Å². The Labute approximate surface area is 276 Å². The second kappa shape index (κ2) is 12.5. The number of amides is 2. The summed E-state index contributed by atoms with van der Waals surface area (Å²) in [5.41, 5.74) is 3.19. The second-order valence-electron chi connectivity index (χ2n) is 10.9. The van der Waals surface area contributed by atoms with Crippen LogP contribution in [0.25, 0.3) is 22.1 Å². The predicted octanol–water partition coefficient (Wildman–Crippen LogP) is 6.97. The van der Waals surface area contributed by atoms with E-state index in [1.807, 2.05) is 0 Å². The zero-order chi connectivity index (χ0) is 36.0. The van der Waals surface area contributed by atoms with Crippen molar-refractivity contribution < 1.29 is 40.9 Å². The molecule has 2 unspecified atom stereocenters. The number of aromatic nitrogens is 4. The summed E-state index contributed by atoms with van der Waals surface area (Å²) < 4.78 is 83.6. The number of nitro groups is 1. The van der Waals surface area contributed by atoms with Gasteiger partial charge in [-0.3, -0.25) is 19.7 Å². The SMILES string of the molecule is Nc1cccc2c1ncn2C(C(=O)Nc1cccc(C(F)(F)F)c1)C(C(=O)Nc1cccc(C(F)(F)F)c1)n1cnc2c([N+](=O)[O-])cccc21. The number of para-hydroxylation sites is 2. The third kappa shape index (κ3) is 6.37. The Morgan fingerprint density at radius 3 is 1.62 bits per heavy atom. The third-order valence-corrected chi connectivity index (χ3v) is 7.77. The minimum atomic E-state index is -4.78. The van der Waals surface area contributed by atoms with Crippen molar-refractivity contribution in [1.82, 2.24) is 19.1 Å². The lowest BCUT2D eigenvalue weighted by atomic mass is 10.0. The van der Waals surface area contributed by atoms with Crippen LogP contribution in [-0.4, -0.2) is 35.8 Å². The van der Waals surface area contributed by atoms with Gasteiger partial charge in [0.25, 0.3) is 5.69 Å². The quantitative estimate of drug-likeness (QED) is 0.0670. The number of hydrogen-bond acceptors (Lipinski definition) is 7. The van der Waals surface area contributed by atoms with Crippen LogP contribution in [0.1, 0.15) is 23.2 Å². The predicted molar refractivity (Wildman–Crippen MR) is 169 cm³/mol. The number of nitrogens with two attached hydrogens (primary N) is 1. The summed E-state index contributed by atoms with van der Waals surface area (Å²) >= 11 is 0. The van der Waals surface area contributed by atoms with Crippen LogP contribution in [0.3, 0.4) is 0 Å². The number of carbonyl (C=O) groups excluding carboxylic acids is 2. The van der Waals surface area contributed by atoms with Gasteiger partial charge in [0, 0.05) is 17.4 Å². The summed E-state index contributed by atoms with van der Waals surface area (Å²) in [6.45, 7) is 0. The number of nitrogen functional groups attached to an aromatic ring is 1. The number of halogens is 6. The molecule has 0 spiro atoms. The normalized spacial score (nSPS) is 13.2. The van der Waals surface area contributed by atoms with E-state index < -0.39 is 58.0 Å². The number of non-ortho nitro benzene ring substituents is 1. The van der Waals surface area contributed by atoms with Gasteiger partial charge >= 0.3 is 12.4 Å². The van der Waals surface area contributed by atoms with E-state index in [4.69, 9.17) is 5.73 Å². The molecule has 2 amide bonds. The maximum Gasteiger partial charge on any atom is 0.416 e. The lowest BCUT2D eigenvalue weighted by Gasteiger charge is -2.29. The number of fused-ring (bicyclic) bond motifs is 2. The van der Waals surface area contributed by atoms with Gasteiger partial charge in [-0.2, -0.15) is 26.3 Å². The molecule has 2 heterocycles. The van der Waals surface area contributed by atoms with Crippen molar-refractivity contribution in [2.75, 3.05) is 16.4 Å². The van der Waals surface area contributed by atoms with Gasteiger partial charge in [-0.15, -0.1) is 0 Å². The largest absolute Gasteiger partial charge is 0.416 e. The molecule has 18 heteroatoms. The molecular formula is C32H22F6N8O4. The lowest BCUT2D eigenvalue weighted by molar-refractivity contribution is -0.383. The van der Waals surface area contributed by atoms with Gasteiger partial charge in [0.1, 0.15) is 17.6 Å². The fourth-order valence-electron chi connectivity index (χ4n) is 5.54. The Balaban J connectivity index is 1.56. The van der Waals surface area contributed by atoms with Crippen molar-refractivity contribution in [3.05, 3.63) is 119 Å². The zero-order valence-corrected chi connectivity index (χ0v) is 25.1. The molecule has 4 aromatic carbocycles. The highest BCUT2D eigenvalue weighted by atomic mass is 19.4. The van der Waals surface area contributed by atoms with Crippen molar-refractivity contribution in [1.29, 1.82) is 0 Å². The van der Waals surface area contributed by atoms with E-state index in [2.05, 4.69) is 20.6 Å². The zero-order valence-electron chi connectivity index (χ0n) is 25.1. The minimum absolute atomic E-state index is 0.0239. The minimum Gasteiger partial charge on any atom is -0.397 e. The second-order valence-corrected chi connectivity index (χ2v) is 10.9. The molecule has 0 bridgehead atoms. The highest BCUT2D eigenvalue weighted by Crippen LogP contribution is 2.37. The summed E-state index contributed by atoms with van der Waals surface area (Å²) in [5.74, 6) is -2.16. The van der Waals surface area contributed by atoms with Crippen LogP contribution in [0, 0.1) is 10.1 Å². The van der Waals surface area contributed by atoms with Crippen molar-refractivity contribution >= 4 is 56.6 Å². The highest BCUT2D eigenvalue weighted by molar-refractivity contribution is 6.03. The third-order valence-electron chi connectivity index (χ3n) is 7.77. The number of nitro benzene ring substituents is 1. The van der Waals surface area contributed by atoms with Crippen LogP contribution in [0.5, 0.6) is 0 Å². The Hall–Kier alpha value is -6.46. The molecule has 2 aromatic heterocycles. The van der Waals surface area contributed by atoms with E-state index in [1.165, 1.54) is 47.0 Å². The fourth-order valence-corrected chi connectivity index (χ4v) is 5.54. The van der Waals surface area contributed by atoms with E-state index in [0.717, 1.165) is 47.6 Å². The molecule has 2 atom stereocenters. The van der Waals surface area contributed by atoms with Gasteiger partial charge in [-0.25, -0.2) is 9.97 Å².